The van der Waals surface area contributed by atoms with Crippen molar-refractivity contribution in [3.63, 3.8) is 0 Å². The zero-order valence-electron chi connectivity index (χ0n) is 11.0. The highest BCUT2D eigenvalue weighted by atomic mass is 35.5. The molecule has 0 atom stereocenters. The van der Waals surface area contributed by atoms with Crippen molar-refractivity contribution >= 4 is 28.3 Å². The van der Waals surface area contributed by atoms with Gasteiger partial charge in [0.15, 0.2) is 0 Å². The first-order valence-electron chi connectivity index (χ1n) is 6.31. The Hall–Kier alpha value is -2.59. The fourth-order valence-electron chi connectivity index (χ4n) is 2.05. The van der Waals surface area contributed by atoms with E-state index in [0.29, 0.717) is 22.2 Å². The normalized spacial score (nSPS) is 10.5. The monoisotopic (exact) mass is 297 g/mol. The fourth-order valence-corrected chi connectivity index (χ4v) is 2.18. The topological polar surface area (TPSA) is 72.0 Å². The Morgan fingerprint density at radius 2 is 1.81 bits per heavy atom. The average Bonchev–Trinajstić information content (AvgIpc) is 2.48. The number of nitrogens with one attached hydrogen (secondary N) is 1. The van der Waals surface area contributed by atoms with Gasteiger partial charge in [-0.15, -0.1) is 0 Å². The molecule has 3 rings (SSSR count). The number of rotatable bonds is 3. The maximum atomic E-state index is 7.70. The van der Waals surface area contributed by atoms with Crippen molar-refractivity contribution in [3.05, 3.63) is 65.2 Å². The summed E-state index contributed by atoms with van der Waals surface area (Å²) in [6, 6.07) is 16.2. The number of amidine groups is 1. The van der Waals surface area contributed by atoms with Crippen molar-refractivity contribution in [1.29, 1.82) is 5.41 Å². The molecule has 0 saturated heterocycles. The first kappa shape index (κ1) is 13.4. The van der Waals surface area contributed by atoms with E-state index in [1.54, 1.807) is 30.3 Å². The number of benzene rings is 2. The zero-order valence-corrected chi connectivity index (χ0v) is 11.8. The highest BCUT2D eigenvalue weighted by Crippen LogP contribution is 2.26. The predicted molar refractivity (Wildman–Crippen MR) is 84.3 cm³/mol. The highest BCUT2D eigenvalue weighted by molar-refractivity contribution is 6.30. The summed E-state index contributed by atoms with van der Waals surface area (Å²) >= 11 is 5.84. The molecule has 0 fully saturated rings. The molecule has 0 aliphatic carbocycles. The highest BCUT2D eigenvalue weighted by Gasteiger charge is 2.09. The number of nitrogens with zero attached hydrogens (tertiary/aromatic N) is 1. The van der Waals surface area contributed by atoms with Gasteiger partial charge in [-0.1, -0.05) is 29.8 Å². The van der Waals surface area contributed by atoms with Gasteiger partial charge in [0.05, 0.1) is 5.52 Å². The number of fused-ring (bicyclic) bond motifs is 1. The summed E-state index contributed by atoms with van der Waals surface area (Å²) in [7, 11) is 0. The van der Waals surface area contributed by atoms with E-state index in [0.717, 1.165) is 10.9 Å². The molecule has 2 aromatic carbocycles. The standard InChI is InChI=1S/C16H12ClN3O/c17-10-5-7-11(8-6-10)21-15-9-13(16(18)19)12-3-1-2-4-14(12)20-15/h1-9H,(H3,18,19). The Morgan fingerprint density at radius 1 is 1.10 bits per heavy atom. The number of pyridine rings is 1. The smallest absolute Gasteiger partial charge is 0.220 e. The minimum Gasteiger partial charge on any atom is -0.439 e. The van der Waals surface area contributed by atoms with Crippen LogP contribution in [0.2, 0.25) is 5.02 Å². The van der Waals surface area contributed by atoms with Crippen LogP contribution in [0.4, 0.5) is 0 Å². The molecule has 0 aliphatic rings. The third kappa shape index (κ3) is 2.80. The summed E-state index contributed by atoms with van der Waals surface area (Å²) in [6.45, 7) is 0. The molecule has 1 aromatic heterocycles. The maximum absolute atomic E-state index is 7.70. The van der Waals surface area contributed by atoms with Gasteiger partial charge in [0.1, 0.15) is 11.6 Å². The second-order valence-electron chi connectivity index (χ2n) is 4.49. The number of para-hydroxylation sites is 1. The van der Waals surface area contributed by atoms with Crippen LogP contribution in [0.3, 0.4) is 0 Å². The van der Waals surface area contributed by atoms with Crippen LogP contribution >= 0.6 is 11.6 Å². The lowest BCUT2D eigenvalue weighted by Crippen LogP contribution is -2.12. The summed E-state index contributed by atoms with van der Waals surface area (Å²) in [5.74, 6) is 0.993. The van der Waals surface area contributed by atoms with Gasteiger partial charge in [-0.05, 0) is 30.3 Å². The summed E-state index contributed by atoms with van der Waals surface area (Å²) in [5.41, 5.74) is 6.98. The number of aromatic nitrogens is 1. The van der Waals surface area contributed by atoms with Gasteiger partial charge in [0, 0.05) is 22.0 Å². The van der Waals surface area contributed by atoms with E-state index in [1.807, 2.05) is 24.3 Å². The van der Waals surface area contributed by atoms with Gasteiger partial charge < -0.3 is 10.5 Å². The van der Waals surface area contributed by atoms with Gasteiger partial charge in [-0.2, -0.15) is 0 Å². The Balaban J connectivity index is 2.06. The van der Waals surface area contributed by atoms with E-state index in [9.17, 15) is 0 Å². The van der Waals surface area contributed by atoms with E-state index < -0.39 is 0 Å². The number of halogens is 1. The van der Waals surface area contributed by atoms with Crippen LogP contribution in [0.25, 0.3) is 10.9 Å². The zero-order chi connectivity index (χ0) is 14.8. The Bertz CT molecular complexity index is 815. The quantitative estimate of drug-likeness (QED) is 0.567. The van der Waals surface area contributed by atoms with Crippen LogP contribution in [-0.2, 0) is 0 Å². The molecule has 0 spiro atoms. The molecule has 104 valence electrons. The largest absolute Gasteiger partial charge is 0.439 e. The summed E-state index contributed by atoms with van der Waals surface area (Å²) < 4.78 is 5.71. The van der Waals surface area contributed by atoms with E-state index in [2.05, 4.69) is 4.98 Å². The van der Waals surface area contributed by atoms with Crippen LogP contribution in [-0.4, -0.2) is 10.8 Å². The lowest BCUT2D eigenvalue weighted by atomic mass is 10.1. The van der Waals surface area contributed by atoms with Crippen molar-refractivity contribution in [2.75, 3.05) is 0 Å². The molecule has 1 heterocycles. The van der Waals surface area contributed by atoms with Crippen LogP contribution in [0, 0.1) is 5.41 Å². The van der Waals surface area contributed by atoms with Crippen molar-refractivity contribution in [2.24, 2.45) is 5.73 Å². The SMILES string of the molecule is N=C(N)c1cc(Oc2ccc(Cl)cc2)nc2ccccc12. The van der Waals surface area contributed by atoms with E-state index in [1.165, 1.54) is 0 Å². The molecule has 0 bridgehead atoms. The van der Waals surface area contributed by atoms with Crippen molar-refractivity contribution in [2.45, 2.75) is 0 Å². The number of hydrogen-bond donors (Lipinski definition) is 2. The molecule has 3 N–H and O–H groups in total. The Labute approximate surface area is 126 Å². The average molecular weight is 298 g/mol. The molecule has 4 nitrogen and oxygen atoms in total. The number of hydrogen-bond acceptors (Lipinski definition) is 3. The van der Waals surface area contributed by atoms with E-state index >= 15 is 0 Å². The Kier molecular flexibility index (Phi) is 3.46. The third-order valence-electron chi connectivity index (χ3n) is 3.02. The first-order valence-corrected chi connectivity index (χ1v) is 6.69. The Morgan fingerprint density at radius 3 is 2.52 bits per heavy atom. The van der Waals surface area contributed by atoms with Crippen molar-refractivity contribution < 1.29 is 4.74 Å². The van der Waals surface area contributed by atoms with Crippen molar-refractivity contribution in [3.8, 4) is 11.6 Å². The first-order chi connectivity index (χ1) is 10.1. The third-order valence-corrected chi connectivity index (χ3v) is 3.27. The summed E-state index contributed by atoms with van der Waals surface area (Å²) in [6.07, 6.45) is 0. The molecular weight excluding hydrogens is 286 g/mol. The van der Waals surface area contributed by atoms with Gasteiger partial charge in [-0.25, -0.2) is 4.98 Å². The van der Waals surface area contributed by atoms with E-state index in [4.69, 9.17) is 27.5 Å². The molecule has 0 unspecified atom stereocenters. The van der Waals surface area contributed by atoms with Gasteiger partial charge in [0.2, 0.25) is 5.88 Å². The molecular formula is C16H12ClN3O. The van der Waals surface area contributed by atoms with Crippen LogP contribution in [0.15, 0.2) is 54.6 Å². The van der Waals surface area contributed by atoms with Gasteiger partial charge in [-0.3, -0.25) is 5.41 Å². The minimum atomic E-state index is -0.0189. The molecule has 0 radical (unpaired) electrons. The van der Waals surface area contributed by atoms with Crippen LogP contribution in [0.1, 0.15) is 5.56 Å². The minimum absolute atomic E-state index is 0.0189. The summed E-state index contributed by atoms with van der Waals surface area (Å²) in [4.78, 5) is 4.43. The molecule has 3 aromatic rings. The molecule has 5 heteroatoms. The molecule has 0 aliphatic heterocycles. The van der Waals surface area contributed by atoms with Crippen LogP contribution < -0.4 is 10.5 Å². The molecule has 0 amide bonds. The number of nitrogen functional groups attached to an aromatic ring is 1. The summed E-state index contributed by atoms with van der Waals surface area (Å²) in [5, 5.41) is 9.16. The van der Waals surface area contributed by atoms with Gasteiger partial charge in [0.25, 0.3) is 0 Å². The lowest BCUT2D eigenvalue weighted by molar-refractivity contribution is 0.465. The second kappa shape index (κ2) is 5.42. The van der Waals surface area contributed by atoms with Crippen LogP contribution in [0.5, 0.6) is 11.6 Å². The predicted octanol–water partition coefficient (Wildman–Crippen LogP) is 3.96. The maximum Gasteiger partial charge on any atom is 0.220 e. The fraction of sp³-hybridized carbons (Fsp3) is 0. The lowest BCUT2D eigenvalue weighted by Gasteiger charge is -2.09. The number of ether oxygens (including phenoxy) is 1. The van der Waals surface area contributed by atoms with Gasteiger partial charge >= 0.3 is 0 Å². The number of nitrogens with two attached hydrogens (primary N) is 1. The van der Waals surface area contributed by atoms with E-state index in [-0.39, 0.29) is 5.84 Å². The second-order valence-corrected chi connectivity index (χ2v) is 4.93. The van der Waals surface area contributed by atoms with Crippen molar-refractivity contribution in [1.82, 2.24) is 4.98 Å². The molecule has 21 heavy (non-hydrogen) atoms. The molecule has 0 saturated carbocycles.